The summed E-state index contributed by atoms with van der Waals surface area (Å²) >= 11 is 0. The number of rotatable bonds is 4. The first-order chi connectivity index (χ1) is 11.4. The highest BCUT2D eigenvalue weighted by Gasteiger charge is 2.46. The lowest BCUT2D eigenvalue weighted by Crippen LogP contribution is -2.53. The Bertz CT molecular complexity index is 660. The van der Waals surface area contributed by atoms with Gasteiger partial charge in [-0.1, -0.05) is 25.1 Å². The number of aliphatic hydroxyl groups excluding tert-OH is 1. The third-order valence-electron chi connectivity index (χ3n) is 4.75. The van der Waals surface area contributed by atoms with Gasteiger partial charge in [-0.3, -0.25) is 4.79 Å². The first kappa shape index (κ1) is 18.0. The summed E-state index contributed by atoms with van der Waals surface area (Å²) in [6, 6.07) is 7.29. The lowest BCUT2D eigenvalue weighted by Gasteiger charge is -2.36. The molecule has 1 aromatic carbocycles. The van der Waals surface area contributed by atoms with Crippen LogP contribution in [0.15, 0.2) is 29.8 Å². The van der Waals surface area contributed by atoms with E-state index in [-0.39, 0.29) is 11.8 Å². The van der Waals surface area contributed by atoms with Crippen molar-refractivity contribution in [2.45, 2.75) is 33.0 Å². The van der Waals surface area contributed by atoms with Crippen molar-refractivity contribution in [3.63, 3.8) is 0 Å². The third kappa shape index (κ3) is 3.29. The van der Waals surface area contributed by atoms with Gasteiger partial charge in [-0.2, -0.15) is 0 Å². The molecule has 1 aliphatic heterocycles. The maximum Gasteiger partial charge on any atom is 0.308 e. The molecule has 1 heterocycles. The van der Waals surface area contributed by atoms with Gasteiger partial charge in [-0.15, -0.1) is 0 Å². The molecule has 5 heteroatoms. The summed E-state index contributed by atoms with van der Waals surface area (Å²) in [4.78, 5) is 19.3. The van der Waals surface area contributed by atoms with Gasteiger partial charge in [0.25, 0.3) is 0 Å². The molecular weight excluding hydrogens is 302 g/mol. The van der Waals surface area contributed by atoms with E-state index in [2.05, 4.69) is 16.7 Å². The van der Waals surface area contributed by atoms with E-state index < -0.39 is 12.3 Å². The highest BCUT2D eigenvalue weighted by molar-refractivity contribution is 5.87. The first-order valence-electron chi connectivity index (χ1n) is 8.32. The molecule has 2 rings (SSSR count). The van der Waals surface area contributed by atoms with Crippen molar-refractivity contribution in [1.82, 2.24) is 4.90 Å². The number of hydrogen-bond acceptors (Lipinski definition) is 3. The van der Waals surface area contributed by atoms with E-state index in [0.717, 1.165) is 17.8 Å². The SMILES string of the molecule is [C-]#[N+]C1C(=O)N(CC)C(O)C(=Cc2ccc(N(C)CC)cc2)C1C. The smallest absolute Gasteiger partial charge is 0.308 e. The fourth-order valence-corrected chi connectivity index (χ4v) is 3.00. The number of aliphatic hydroxyl groups is 1. The van der Waals surface area contributed by atoms with Gasteiger partial charge in [0.15, 0.2) is 6.23 Å². The summed E-state index contributed by atoms with van der Waals surface area (Å²) in [6.07, 6.45) is 0.937. The number of anilines is 1. The molecule has 1 amide bonds. The number of likely N-dealkylation sites (tertiary alicyclic amines) is 1. The fourth-order valence-electron chi connectivity index (χ4n) is 3.00. The average Bonchev–Trinajstić information content (AvgIpc) is 2.59. The number of amides is 1. The van der Waals surface area contributed by atoms with Gasteiger partial charge >= 0.3 is 11.9 Å². The standard InChI is InChI=1S/C19H25N3O2/c1-6-21(5)15-10-8-14(9-11-15)12-16-13(3)17(20-4)19(24)22(7-2)18(16)23/h8-13,17-18,23H,6-7H2,1-3,5H3. The predicted octanol–water partition coefficient (Wildman–Crippen LogP) is 2.63. The second-order valence-electron chi connectivity index (χ2n) is 6.11. The quantitative estimate of drug-likeness (QED) is 0.865. The molecule has 1 saturated heterocycles. The van der Waals surface area contributed by atoms with E-state index in [1.807, 2.05) is 51.2 Å². The summed E-state index contributed by atoms with van der Waals surface area (Å²) in [5, 5.41) is 10.6. The molecule has 24 heavy (non-hydrogen) atoms. The van der Waals surface area contributed by atoms with E-state index >= 15 is 0 Å². The molecule has 0 aliphatic carbocycles. The van der Waals surface area contributed by atoms with Gasteiger partial charge in [-0.05, 0) is 37.1 Å². The number of carbonyl (C=O) groups is 1. The van der Waals surface area contributed by atoms with Gasteiger partial charge < -0.3 is 19.8 Å². The van der Waals surface area contributed by atoms with Crippen LogP contribution < -0.4 is 4.90 Å². The molecule has 1 fully saturated rings. The van der Waals surface area contributed by atoms with Crippen LogP contribution in [0.4, 0.5) is 5.69 Å². The monoisotopic (exact) mass is 327 g/mol. The Morgan fingerprint density at radius 2 is 1.96 bits per heavy atom. The van der Waals surface area contributed by atoms with Gasteiger partial charge in [0, 0.05) is 25.8 Å². The van der Waals surface area contributed by atoms with Crippen LogP contribution in [0, 0.1) is 12.5 Å². The van der Waals surface area contributed by atoms with E-state index in [0.29, 0.717) is 12.1 Å². The van der Waals surface area contributed by atoms with E-state index in [1.165, 1.54) is 4.90 Å². The maximum atomic E-state index is 12.3. The highest BCUT2D eigenvalue weighted by atomic mass is 16.3. The van der Waals surface area contributed by atoms with E-state index in [1.54, 1.807) is 0 Å². The van der Waals surface area contributed by atoms with Crippen LogP contribution in [0.2, 0.25) is 0 Å². The molecule has 128 valence electrons. The number of benzene rings is 1. The lowest BCUT2D eigenvalue weighted by atomic mass is 9.85. The molecule has 1 aliphatic rings. The van der Waals surface area contributed by atoms with Crippen molar-refractivity contribution in [2.24, 2.45) is 5.92 Å². The van der Waals surface area contributed by atoms with Crippen molar-refractivity contribution in [2.75, 3.05) is 25.0 Å². The molecule has 0 saturated carbocycles. The molecule has 0 radical (unpaired) electrons. The van der Waals surface area contributed by atoms with E-state index in [4.69, 9.17) is 6.57 Å². The summed E-state index contributed by atoms with van der Waals surface area (Å²) in [7, 11) is 2.03. The maximum absolute atomic E-state index is 12.3. The van der Waals surface area contributed by atoms with Gasteiger partial charge in [-0.25, -0.2) is 6.57 Å². The molecule has 0 bridgehead atoms. The minimum atomic E-state index is -0.964. The number of carbonyl (C=O) groups excluding carboxylic acids is 1. The number of nitrogens with zero attached hydrogens (tertiary/aromatic N) is 3. The second kappa shape index (κ2) is 7.50. The van der Waals surface area contributed by atoms with Crippen LogP contribution >= 0.6 is 0 Å². The molecule has 1 aromatic rings. The van der Waals surface area contributed by atoms with Crippen LogP contribution in [-0.2, 0) is 4.79 Å². The molecule has 5 nitrogen and oxygen atoms in total. The van der Waals surface area contributed by atoms with Crippen molar-refractivity contribution in [1.29, 1.82) is 0 Å². The topological polar surface area (TPSA) is 48.1 Å². The van der Waals surface area contributed by atoms with Gasteiger partial charge in [0.2, 0.25) is 0 Å². The zero-order valence-electron chi connectivity index (χ0n) is 14.7. The largest absolute Gasteiger partial charge is 0.375 e. The Kier molecular flexibility index (Phi) is 5.63. The van der Waals surface area contributed by atoms with E-state index in [9.17, 15) is 9.90 Å². The van der Waals surface area contributed by atoms with Gasteiger partial charge in [0.05, 0.1) is 5.92 Å². The summed E-state index contributed by atoms with van der Waals surface area (Å²) in [5.41, 5.74) is 2.80. The zero-order valence-corrected chi connectivity index (χ0v) is 14.7. The molecule has 0 aromatic heterocycles. The second-order valence-corrected chi connectivity index (χ2v) is 6.11. The van der Waals surface area contributed by atoms with Crippen molar-refractivity contribution in [3.8, 4) is 0 Å². The fraction of sp³-hybridized carbons (Fsp3) is 0.474. The predicted molar refractivity (Wildman–Crippen MR) is 96.3 cm³/mol. The number of likely N-dealkylation sites (N-methyl/N-ethyl adjacent to an activating group) is 1. The summed E-state index contributed by atoms with van der Waals surface area (Å²) in [5.74, 6) is -0.588. The Labute approximate surface area is 144 Å². The van der Waals surface area contributed by atoms with Crippen molar-refractivity contribution >= 4 is 17.7 Å². The van der Waals surface area contributed by atoms with Crippen LogP contribution in [0.1, 0.15) is 26.3 Å². The zero-order chi connectivity index (χ0) is 17.9. The third-order valence-corrected chi connectivity index (χ3v) is 4.75. The average molecular weight is 327 g/mol. The molecular formula is C19H25N3O2. The normalized spacial score (nSPS) is 25.7. The Hall–Kier alpha value is -2.32. The van der Waals surface area contributed by atoms with Crippen LogP contribution in [0.3, 0.4) is 0 Å². The minimum Gasteiger partial charge on any atom is -0.375 e. The number of hydrogen-bond donors (Lipinski definition) is 1. The minimum absolute atomic E-state index is 0.287. The Balaban J connectivity index is 2.35. The van der Waals surface area contributed by atoms with Crippen LogP contribution in [0.5, 0.6) is 0 Å². The van der Waals surface area contributed by atoms with Crippen molar-refractivity contribution < 1.29 is 9.90 Å². The molecule has 3 atom stereocenters. The van der Waals surface area contributed by atoms with Crippen LogP contribution in [0.25, 0.3) is 10.9 Å². The number of piperidine rings is 1. The molecule has 1 N–H and O–H groups in total. The highest BCUT2D eigenvalue weighted by Crippen LogP contribution is 2.32. The van der Waals surface area contributed by atoms with Gasteiger partial charge in [0.1, 0.15) is 0 Å². The van der Waals surface area contributed by atoms with Crippen LogP contribution in [-0.4, -0.2) is 48.3 Å². The Morgan fingerprint density at radius 3 is 2.46 bits per heavy atom. The lowest BCUT2D eigenvalue weighted by molar-refractivity contribution is -0.143. The summed E-state index contributed by atoms with van der Waals surface area (Å²) in [6.45, 7) is 14.4. The molecule has 3 unspecified atom stereocenters. The summed E-state index contributed by atoms with van der Waals surface area (Å²) < 4.78 is 0. The Morgan fingerprint density at radius 1 is 1.33 bits per heavy atom. The first-order valence-corrected chi connectivity index (χ1v) is 8.32. The molecule has 0 spiro atoms. The van der Waals surface area contributed by atoms with Crippen molar-refractivity contribution in [3.05, 3.63) is 46.8 Å².